The smallest absolute Gasteiger partial charge is 0.249 e. The number of ether oxygens (including phenoxy) is 1. The molecule has 5 nitrogen and oxygen atoms in total. The van der Waals surface area contributed by atoms with Crippen LogP contribution in [0.25, 0.3) is 0 Å². The molecular formula is C15H18N2O3. The number of hydrogen-bond acceptors (Lipinski definition) is 3. The molecule has 106 valence electrons. The monoisotopic (exact) mass is 274 g/mol. The highest BCUT2D eigenvalue weighted by Crippen LogP contribution is 2.20. The Morgan fingerprint density at radius 1 is 1.30 bits per heavy atom. The summed E-state index contributed by atoms with van der Waals surface area (Å²) in [6.45, 7) is 0.781. The van der Waals surface area contributed by atoms with Gasteiger partial charge in [-0.1, -0.05) is 30.3 Å². The number of amides is 2. The molecule has 0 radical (unpaired) electrons. The van der Waals surface area contributed by atoms with E-state index in [-0.39, 0.29) is 31.1 Å². The van der Waals surface area contributed by atoms with Gasteiger partial charge in [0.05, 0.1) is 6.61 Å². The van der Waals surface area contributed by atoms with Crippen molar-refractivity contribution < 1.29 is 14.3 Å². The van der Waals surface area contributed by atoms with Crippen molar-refractivity contribution in [3.8, 4) is 0 Å². The van der Waals surface area contributed by atoms with Crippen molar-refractivity contribution in [1.29, 1.82) is 0 Å². The summed E-state index contributed by atoms with van der Waals surface area (Å²) in [6, 6.07) is 9.48. The summed E-state index contributed by atoms with van der Waals surface area (Å²) >= 11 is 0. The first kappa shape index (κ1) is 13.1. The van der Waals surface area contributed by atoms with Crippen LogP contribution >= 0.6 is 0 Å². The molecule has 0 aromatic heterocycles. The number of carbonyl (C=O) groups is 2. The second-order valence-corrected chi connectivity index (χ2v) is 5.32. The predicted molar refractivity (Wildman–Crippen MR) is 72.8 cm³/mol. The van der Waals surface area contributed by atoms with Gasteiger partial charge in [-0.3, -0.25) is 9.59 Å². The van der Waals surface area contributed by atoms with Crippen molar-refractivity contribution in [2.75, 3.05) is 13.2 Å². The Labute approximate surface area is 117 Å². The lowest BCUT2D eigenvalue weighted by Crippen LogP contribution is -2.56. The summed E-state index contributed by atoms with van der Waals surface area (Å²) in [5.74, 6) is -0.229. The van der Waals surface area contributed by atoms with Gasteiger partial charge in [0.25, 0.3) is 0 Å². The number of hydrogen-bond donors (Lipinski definition) is 1. The fraction of sp³-hybridized carbons (Fsp3) is 0.467. The maximum Gasteiger partial charge on any atom is 0.249 e. The number of benzene rings is 1. The van der Waals surface area contributed by atoms with Crippen LogP contribution < -0.4 is 5.32 Å². The van der Waals surface area contributed by atoms with Gasteiger partial charge in [-0.05, 0) is 18.4 Å². The second-order valence-electron chi connectivity index (χ2n) is 5.32. The molecule has 0 spiro atoms. The van der Waals surface area contributed by atoms with E-state index in [0.717, 1.165) is 18.4 Å². The normalized spacial score (nSPS) is 22.7. The summed E-state index contributed by atoms with van der Waals surface area (Å²) in [7, 11) is 0. The number of carbonyl (C=O) groups excluding carboxylic acids is 2. The van der Waals surface area contributed by atoms with Crippen molar-refractivity contribution in [3.63, 3.8) is 0 Å². The highest BCUT2D eigenvalue weighted by Gasteiger charge is 2.36. The van der Waals surface area contributed by atoms with E-state index in [1.165, 1.54) is 0 Å². The minimum atomic E-state index is -0.517. The summed E-state index contributed by atoms with van der Waals surface area (Å²) in [5.41, 5.74) is 1.02. The molecular weight excluding hydrogens is 256 g/mol. The van der Waals surface area contributed by atoms with E-state index in [9.17, 15) is 9.59 Å². The average molecular weight is 274 g/mol. The fourth-order valence-electron chi connectivity index (χ4n) is 2.33. The molecule has 1 saturated heterocycles. The Balaban J connectivity index is 1.72. The Hall–Kier alpha value is -1.88. The predicted octanol–water partition coefficient (Wildman–Crippen LogP) is 0.693. The Bertz CT molecular complexity index is 499. The zero-order valence-electron chi connectivity index (χ0n) is 11.2. The van der Waals surface area contributed by atoms with Gasteiger partial charge in [-0.15, -0.1) is 0 Å². The summed E-state index contributed by atoms with van der Waals surface area (Å²) in [6.07, 6.45) is 2.07. The minimum absolute atomic E-state index is 0.0556. The zero-order valence-corrected chi connectivity index (χ0v) is 11.2. The van der Waals surface area contributed by atoms with E-state index in [0.29, 0.717) is 6.54 Å². The van der Waals surface area contributed by atoms with E-state index in [2.05, 4.69) is 5.32 Å². The molecule has 1 heterocycles. The lowest BCUT2D eigenvalue weighted by atomic mass is 10.1. The fourth-order valence-corrected chi connectivity index (χ4v) is 2.33. The van der Waals surface area contributed by atoms with Crippen LogP contribution in [0.15, 0.2) is 30.3 Å². The van der Waals surface area contributed by atoms with Crippen LogP contribution in [0.1, 0.15) is 18.4 Å². The van der Waals surface area contributed by atoms with Gasteiger partial charge >= 0.3 is 0 Å². The Morgan fingerprint density at radius 2 is 2.05 bits per heavy atom. The van der Waals surface area contributed by atoms with Crippen LogP contribution in [-0.2, 0) is 20.9 Å². The van der Waals surface area contributed by atoms with E-state index >= 15 is 0 Å². The molecule has 1 atom stereocenters. The van der Waals surface area contributed by atoms with Crippen molar-refractivity contribution >= 4 is 11.8 Å². The maximum atomic E-state index is 12.2. The van der Waals surface area contributed by atoms with Gasteiger partial charge in [0.15, 0.2) is 0 Å². The van der Waals surface area contributed by atoms with Crippen LogP contribution in [0.4, 0.5) is 0 Å². The Morgan fingerprint density at radius 3 is 2.75 bits per heavy atom. The van der Waals surface area contributed by atoms with Gasteiger partial charge in [0, 0.05) is 12.6 Å². The zero-order chi connectivity index (χ0) is 13.9. The third-order valence-corrected chi connectivity index (χ3v) is 3.62. The van der Waals surface area contributed by atoms with Crippen LogP contribution in [0, 0.1) is 0 Å². The molecule has 1 aliphatic heterocycles. The molecule has 1 saturated carbocycles. The molecule has 2 aliphatic rings. The van der Waals surface area contributed by atoms with Crippen LogP contribution in [-0.4, -0.2) is 42.0 Å². The molecule has 1 N–H and O–H groups in total. The van der Waals surface area contributed by atoms with Gasteiger partial charge in [0.2, 0.25) is 11.8 Å². The lowest BCUT2D eigenvalue weighted by molar-refractivity contribution is -0.155. The minimum Gasteiger partial charge on any atom is -0.369 e. The molecule has 20 heavy (non-hydrogen) atoms. The molecule has 2 amide bonds. The van der Waals surface area contributed by atoms with E-state index in [1.54, 1.807) is 4.90 Å². The molecule has 3 rings (SSSR count). The molecule has 2 fully saturated rings. The topological polar surface area (TPSA) is 58.6 Å². The average Bonchev–Trinajstić information content (AvgIpc) is 3.26. The third-order valence-electron chi connectivity index (χ3n) is 3.62. The first-order chi connectivity index (χ1) is 9.74. The number of morpholine rings is 1. The van der Waals surface area contributed by atoms with Crippen molar-refractivity contribution in [1.82, 2.24) is 10.2 Å². The number of nitrogens with zero attached hydrogens (tertiary/aromatic N) is 1. The Kier molecular flexibility index (Phi) is 3.69. The van der Waals surface area contributed by atoms with Crippen molar-refractivity contribution in [2.45, 2.75) is 31.5 Å². The molecule has 1 aromatic carbocycles. The molecule has 1 aliphatic carbocycles. The summed E-state index contributed by atoms with van der Waals surface area (Å²) in [4.78, 5) is 25.9. The molecule has 0 bridgehead atoms. The largest absolute Gasteiger partial charge is 0.369 e. The second kappa shape index (κ2) is 5.63. The lowest BCUT2D eigenvalue weighted by Gasteiger charge is -2.34. The van der Waals surface area contributed by atoms with E-state index in [1.807, 2.05) is 30.3 Å². The van der Waals surface area contributed by atoms with Crippen LogP contribution in [0.5, 0.6) is 0 Å². The first-order valence-electron chi connectivity index (χ1n) is 6.95. The van der Waals surface area contributed by atoms with E-state index in [4.69, 9.17) is 4.74 Å². The SMILES string of the molecule is O=C(NC1CC1)[C@H]1COCC(=O)N1Cc1ccccc1. The first-order valence-corrected chi connectivity index (χ1v) is 6.95. The molecule has 0 unspecified atom stereocenters. The summed E-state index contributed by atoms with van der Waals surface area (Å²) < 4.78 is 5.23. The standard InChI is InChI=1S/C15H18N2O3/c18-14-10-20-9-13(15(19)16-12-6-7-12)17(14)8-11-4-2-1-3-5-11/h1-5,12-13H,6-10H2,(H,16,19)/t13-/m1/s1. The number of nitrogens with one attached hydrogen (secondary N) is 1. The highest BCUT2D eigenvalue weighted by atomic mass is 16.5. The highest BCUT2D eigenvalue weighted by molar-refractivity contribution is 5.89. The maximum absolute atomic E-state index is 12.2. The van der Waals surface area contributed by atoms with Crippen molar-refractivity contribution in [3.05, 3.63) is 35.9 Å². The van der Waals surface area contributed by atoms with Gasteiger partial charge in [-0.2, -0.15) is 0 Å². The quantitative estimate of drug-likeness (QED) is 0.879. The van der Waals surface area contributed by atoms with Crippen LogP contribution in [0.3, 0.4) is 0 Å². The van der Waals surface area contributed by atoms with Gasteiger partial charge in [-0.25, -0.2) is 0 Å². The van der Waals surface area contributed by atoms with Crippen LogP contribution in [0.2, 0.25) is 0 Å². The third kappa shape index (κ3) is 2.99. The summed E-state index contributed by atoms with van der Waals surface area (Å²) in [5, 5.41) is 2.95. The van der Waals surface area contributed by atoms with Gasteiger partial charge in [0.1, 0.15) is 12.6 Å². The molecule has 1 aromatic rings. The van der Waals surface area contributed by atoms with Gasteiger partial charge < -0.3 is 15.0 Å². The number of rotatable bonds is 4. The van der Waals surface area contributed by atoms with E-state index < -0.39 is 6.04 Å². The molecule has 5 heteroatoms. The van der Waals surface area contributed by atoms with Crippen molar-refractivity contribution in [2.24, 2.45) is 0 Å².